The first kappa shape index (κ1) is 22.5. The van der Waals surface area contributed by atoms with Gasteiger partial charge in [0.25, 0.3) is 0 Å². The summed E-state index contributed by atoms with van der Waals surface area (Å²) in [6, 6.07) is 8.25. The number of imidazole rings is 1. The van der Waals surface area contributed by atoms with Gasteiger partial charge in [0.15, 0.2) is 23.2 Å². The zero-order valence-corrected chi connectivity index (χ0v) is 19.5. The van der Waals surface area contributed by atoms with Gasteiger partial charge >= 0.3 is 0 Å². The topological polar surface area (TPSA) is 142 Å². The third kappa shape index (κ3) is 3.88. The van der Waals surface area contributed by atoms with E-state index in [2.05, 4.69) is 37.3 Å². The third-order valence-corrected chi connectivity index (χ3v) is 7.48. The van der Waals surface area contributed by atoms with Crippen molar-refractivity contribution in [2.24, 2.45) is 0 Å². The summed E-state index contributed by atoms with van der Waals surface area (Å²) in [4.78, 5) is 21.6. The summed E-state index contributed by atoms with van der Waals surface area (Å²) in [6.45, 7) is 1.26. The Morgan fingerprint density at radius 2 is 2.06 bits per heavy atom. The van der Waals surface area contributed by atoms with Gasteiger partial charge in [0.2, 0.25) is 0 Å². The Morgan fingerprint density at radius 3 is 2.74 bits per heavy atom. The molecular weight excluding hydrogens is 470 g/mol. The number of rotatable bonds is 6. The number of fused-ring (bicyclic) bond motifs is 1. The van der Waals surface area contributed by atoms with Crippen molar-refractivity contribution in [3.63, 3.8) is 0 Å². The van der Waals surface area contributed by atoms with Crippen molar-refractivity contribution >= 4 is 34.1 Å². The van der Waals surface area contributed by atoms with Crippen molar-refractivity contribution in [3.05, 3.63) is 48.5 Å². The van der Waals surface area contributed by atoms with E-state index in [9.17, 15) is 15.3 Å². The average molecular weight is 496 g/mol. The van der Waals surface area contributed by atoms with Crippen molar-refractivity contribution < 1.29 is 20.1 Å². The molecule has 0 aromatic carbocycles. The Labute approximate surface area is 204 Å². The molecule has 2 aliphatic rings. The largest absolute Gasteiger partial charge is 0.394 e. The highest BCUT2D eigenvalue weighted by atomic mass is 32.1. The molecule has 0 radical (unpaired) electrons. The van der Waals surface area contributed by atoms with Crippen molar-refractivity contribution in [2.45, 2.75) is 37.0 Å². The van der Waals surface area contributed by atoms with E-state index < -0.39 is 31.1 Å². The molecule has 4 aromatic rings. The summed E-state index contributed by atoms with van der Waals surface area (Å²) in [5.74, 6) is 1.35. The van der Waals surface area contributed by atoms with Gasteiger partial charge in [-0.15, -0.1) is 11.3 Å². The van der Waals surface area contributed by atoms with Crippen LogP contribution in [0.3, 0.4) is 0 Å². The van der Waals surface area contributed by atoms with Crippen LogP contribution in [0.2, 0.25) is 0 Å². The molecule has 0 bridgehead atoms. The number of pyridine rings is 1. The number of aromatic nitrogens is 5. The molecule has 2 fully saturated rings. The van der Waals surface area contributed by atoms with Crippen LogP contribution in [0.25, 0.3) is 21.6 Å². The lowest BCUT2D eigenvalue weighted by molar-refractivity contribution is -0.0511. The molecule has 2 saturated heterocycles. The lowest BCUT2D eigenvalue weighted by atomic mass is 10.1. The number of nitrogens with one attached hydrogen (secondary N) is 1. The normalized spacial score (nSPS) is 26.5. The Kier molecular flexibility index (Phi) is 5.92. The second-order valence-electron chi connectivity index (χ2n) is 8.65. The minimum absolute atomic E-state index is 0.118. The van der Waals surface area contributed by atoms with Crippen LogP contribution in [0.1, 0.15) is 12.6 Å². The zero-order valence-electron chi connectivity index (χ0n) is 18.7. The van der Waals surface area contributed by atoms with Crippen LogP contribution in [-0.4, -0.2) is 83.9 Å². The third-order valence-electron chi connectivity index (χ3n) is 6.56. The lowest BCUT2D eigenvalue weighted by Crippen LogP contribution is -2.34. The first-order valence-electron chi connectivity index (χ1n) is 11.5. The minimum atomic E-state index is -1.23. The van der Waals surface area contributed by atoms with Crippen molar-refractivity contribution in [1.82, 2.24) is 29.8 Å². The highest BCUT2D eigenvalue weighted by molar-refractivity contribution is 7.13. The van der Waals surface area contributed by atoms with E-state index in [0.29, 0.717) is 17.0 Å². The molecule has 5 atom stereocenters. The van der Waals surface area contributed by atoms with Gasteiger partial charge in [-0.3, -0.25) is 4.57 Å². The van der Waals surface area contributed by atoms with Gasteiger partial charge in [-0.05, 0) is 36.5 Å². The molecular formula is C23H25N7O4S. The van der Waals surface area contributed by atoms with Gasteiger partial charge in [0.1, 0.15) is 30.5 Å². The van der Waals surface area contributed by atoms with Gasteiger partial charge in [0, 0.05) is 23.2 Å². The second-order valence-corrected chi connectivity index (χ2v) is 9.60. The highest BCUT2D eigenvalue weighted by Crippen LogP contribution is 2.36. The number of anilines is 2. The van der Waals surface area contributed by atoms with Crippen LogP contribution < -0.4 is 10.2 Å². The van der Waals surface area contributed by atoms with Crippen LogP contribution in [0, 0.1) is 0 Å². The molecule has 6 heterocycles. The molecule has 2 aliphatic heterocycles. The summed E-state index contributed by atoms with van der Waals surface area (Å²) in [7, 11) is 0. The summed E-state index contributed by atoms with van der Waals surface area (Å²) in [5.41, 5.74) is 2.03. The fourth-order valence-electron chi connectivity index (χ4n) is 4.76. The first-order valence-corrected chi connectivity index (χ1v) is 12.3. The second kappa shape index (κ2) is 9.22. The number of ether oxygens (including phenoxy) is 1. The standard InChI is InChI=1S/C23H25N7O4S/c31-10-15-19(32)20(33)23(34-15)29-12-28-18-21(29)26-11-27-22(18)30(14-5-6-24-9-14)17-4-3-13(8-25-17)16-2-1-7-35-16/h1-4,7-8,11-12,14-15,19-20,23-24,31-33H,5-6,9-10H2/t14-,15+,19-,20-,23+/m0/s1. The van der Waals surface area contributed by atoms with Gasteiger partial charge < -0.3 is 30.3 Å². The van der Waals surface area contributed by atoms with E-state index in [0.717, 1.165) is 35.8 Å². The Morgan fingerprint density at radius 1 is 1.14 bits per heavy atom. The fraction of sp³-hybridized carbons (Fsp3) is 0.391. The molecule has 11 nitrogen and oxygen atoms in total. The summed E-state index contributed by atoms with van der Waals surface area (Å²) in [5, 5.41) is 35.6. The van der Waals surface area contributed by atoms with E-state index >= 15 is 0 Å². The van der Waals surface area contributed by atoms with E-state index in [1.165, 1.54) is 12.7 Å². The fourth-order valence-corrected chi connectivity index (χ4v) is 5.48. The van der Waals surface area contributed by atoms with Crippen LogP contribution in [-0.2, 0) is 4.74 Å². The van der Waals surface area contributed by atoms with Gasteiger partial charge in [-0.1, -0.05) is 6.07 Å². The SMILES string of the molecule is OC[C@H]1O[C@@H](n2cnc3c(N(c4ccc(-c5cccs5)cn4)[C@H]4CCNC4)ncnc32)[C@@H](O)[C@H]1O. The molecule has 0 spiro atoms. The van der Waals surface area contributed by atoms with E-state index in [1.54, 1.807) is 15.9 Å². The van der Waals surface area contributed by atoms with Crippen molar-refractivity contribution in [2.75, 3.05) is 24.6 Å². The monoisotopic (exact) mass is 495 g/mol. The Bertz CT molecular complexity index is 1290. The number of aliphatic hydroxyl groups is 3. The van der Waals surface area contributed by atoms with E-state index in [1.807, 2.05) is 23.7 Å². The molecule has 35 heavy (non-hydrogen) atoms. The molecule has 12 heteroatoms. The quantitative estimate of drug-likeness (QED) is 0.307. The predicted molar refractivity (Wildman–Crippen MR) is 129 cm³/mol. The minimum Gasteiger partial charge on any atom is -0.394 e. The molecule has 0 amide bonds. The lowest BCUT2D eigenvalue weighted by Gasteiger charge is -2.28. The predicted octanol–water partition coefficient (Wildman–Crippen LogP) is 1.06. The maximum Gasteiger partial charge on any atom is 0.167 e. The maximum absolute atomic E-state index is 10.5. The van der Waals surface area contributed by atoms with Crippen molar-refractivity contribution in [1.29, 1.82) is 0 Å². The number of aliphatic hydroxyl groups excluding tert-OH is 3. The van der Waals surface area contributed by atoms with Crippen LogP contribution in [0.15, 0.2) is 48.5 Å². The van der Waals surface area contributed by atoms with E-state index in [-0.39, 0.29) is 6.04 Å². The zero-order chi connectivity index (χ0) is 23.9. The highest BCUT2D eigenvalue weighted by Gasteiger charge is 2.44. The summed E-state index contributed by atoms with van der Waals surface area (Å²) < 4.78 is 7.27. The van der Waals surface area contributed by atoms with Crippen molar-refractivity contribution in [3.8, 4) is 10.4 Å². The average Bonchev–Trinajstić information content (AvgIpc) is 3.69. The molecule has 182 valence electrons. The number of thiophene rings is 1. The summed E-state index contributed by atoms with van der Waals surface area (Å²) in [6.07, 6.45) is 1.48. The molecule has 0 aliphatic carbocycles. The van der Waals surface area contributed by atoms with Gasteiger partial charge in [0.05, 0.1) is 19.0 Å². The maximum atomic E-state index is 10.5. The van der Waals surface area contributed by atoms with E-state index in [4.69, 9.17) is 9.72 Å². The van der Waals surface area contributed by atoms with Gasteiger partial charge in [-0.25, -0.2) is 19.9 Å². The molecule has 4 N–H and O–H groups in total. The summed E-state index contributed by atoms with van der Waals surface area (Å²) >= 11 is 1.67. The molecule has 0 unspecified atom stereocenters. The van der Waals surface area contributed by atoms with Gasteiger partial charge in [-0.2, -0.15) is 0 Å². The van der Waals surface area contributed by atoms with Crippen LogP contribution >= 0.6 is 11.3 Å². The molecule has 4 aromatic heterocycles. The number of nitrogens with zero attached hydrogens (tertiary/aromatic N) is 6. The molecule has 6 rings (SSSR count). The molecule has 0 saturated carbocycles. The number of hydrogen-bond donors (Lipinski definition) is 4. The smallest absolute Gasteiger partial charge is 0.167 e. The Hall–Kier alpha value is -3.00. The number of hydrogen-bond acceptors (Lipinski definition) is 11. The first-order chi connectivity index (χ1) is 17.2. The van der Waals surface area contributed by atoms with Crippen LogP contribution in [0.5, 0.6) is 0 Å². The Balaban J connectivity index is 1.41. The van der Waals surface area contributed by atoms with Crippen LogP contribution in [0.4, 0.5) is 11.6 Å².